The molecule has 0 aliphatic rings. The molecule has 0 aliphatic carbocycles. The van der Waals surface area contributed by atoms with Crippen LogP contribution in [0.1, 0.15) is 26.4 Å². The number of alkyl halides is 3. The van der Waals surface area contributed by atoms with Gasteiger partial charge >= 0.3 is 6.18 Å². The zero-order valence-electron chi connectivity index (χ0n) is 14.2. The molecular formula is C19H13F3N4O2. The number of pyridine rings is 2. The highest BCUT2D eigenvalue weighted by Gasteiger charge is 2.30. The van der Waals surface area contributed by atoms with Crippen LogP contribution in [-0.4, -0.2) is 21.8 Å². The second-order valence-electron chi connectivity index (χ2n) is 5.66. The van der Waals surface area contributed by atoms with Gasteiger partial charge in [-0.25, -0.2) is 0 Å². The average molecular weight is 386 g/mol. The van der Waals surface area contributed by atoms with Crippen molar-refractivity contribution in [1.29, 1.82) is 0 Å². The average Bonchev–Trinajstić information content (AvgIpc) is 2.68. The van der Waals surface area contributed by atoms with Crippen molar-refractivity contribution in [1.82, 2.24) is 9.97 Å². The molecule has 0 bridgehead atoms. The standard InChI is InChI=1S/C19H13F3N4O2/c20-19(21,22)13-5-8-16(24-10-13)18(28)25-14-6-3-12(4-7-14)17(27)26-15-2-1-9-23-11-15/h1-11H,(H,25,28)(H,26,27). The van der Waals surface area contributed by atoms with Crippen molar-refractivity contribution in [3.05, 3.63) is 83.9 Å². The number of carbonyl (C=O) groups excluding carboxylic acids is 2. The molecule has 0 atom stereocenters. The van der Waals surface area contributed by atoms with Gasteiger partial charge in [0.25, 0.3) is 11.8 Å². The fraction of sp³-hybridized carbons (Fsp3) is 0.0526. The maximum atomic E-state index is 12.5. The minimum absolute atomic E-state index is 0.161. The number of hydrogen-bond donors (Lipinski definition) is 2. The van der Waals surface area contributed by atoms with Crippen LogP contribution in [0.25, 0.3) is 0 Å². The highest BCUT2D eigenvalue weighted by molar-refractivity contribution is 6.05. The van der Waals surface area contributed by atoms with E-state index >= 15 is 0 Å². The van der Waals surface area contributed by atoms with Crippen LogP contribution in [0.3, 0.4) is 0 Å². The number of anilines is 2. The molecule has 0 unspecified atom stereocenters. The topological polar surface area (TPSA) is 84.0 Å². The summed E-state index contributed by atoms with van der Waals surface area (Å²) in [5.74, 6) is -1.02. The van der Waals surface area contributed by atoms with Crippen LogP contribution in [-0.2, 0) is 6.18 Å². The number of benzene rings is 1. The number of amides is 2. The third-order valence-electron chi connectivity index (χ3n) is 3.65. The first-order valence-corrected chi connectivity index (χ1v) is 7.99. The molecule has 0 fully saturated rings. The molecule has 0 radical (unpaired) electrons. The largest absolute Gasteiger partial charge is 0.417 e. The second kappa shape index (κ2) is 7.87. The first-order chi connectivity index (χ1) is 13.3. The van der Waals surface area contributed by atoms with Crippen LogP contribution in [0.2, 0.25) is 0 Å². The van der Waals surface area contributed by atoms with Gasteiger partial charge in [0.1, 0.15) is 5.69 Å². The van der Waals surface area contributed by atoms with Crippen LogP contribution in [0.15, 0.2) is 67.1 Å². The smallest absolute Gasteiger partial charge is 0.321 e. The molecule has 2 heterocycles. The molecule has 1 aromatic carbocycles. The number of nitrogens with zero attached hydrogens (tertiary/aromatic N) is 2. The number of carbonyl (C=O) groups is 2. The van der Waals surface area contributed by atoms with Crippen molar-refractivity contribution in [2.75, 3.05) is 10.6 Å². The minimum Gasteiger partial charge on any atom is -0.321 e. The Morgan fingerprint density at radius 1 is 0.821 bits per heavy atom. The van der Waals surface area contributed by atoms with Crippen molar-refractivity contribution in [3.63, 3.8) is 0 Å². The Balaban J connectivity index is 1.63. The zero-order valence-corrected chi connectivity index (χ0v) is 14.2. The monoisotopic (exact) mass is 386 g/mol. The van der Waals surface area contributed by atoms with Gasteiger partial charge in [0.05, 0.1) is 17.4 Å². The number of rotatable bonds is 4. The predicted molar refractivity (Wildman–Crippen MR) is 95.8 cm³/mol. The Kier molecular flexibility index (Phi) is 5.35. The fourth-order valence-corrected chi connectivity index (χ4v) is 2.24. The summed E-state index contributed by atoms with van der Waals surface area (Å²) in [5.41, 5.74) is 0.164. The van der Waals surface area contributed by atoms with Gasteiger partial charge in [0, 0.05) is 23.6 Å². The Hall–Kier alpha value is -3.75. The third-order valence-corrected chi connectivity index (χ3v) is 3.65. The lowest BCUT2D eigenvalue weighted by Crippen LogP contribution is -2.15. The van der Waals surface area contributed by atoms with Gasteiger partial charge in [0.15, 0.2) is 0 Å². The van der Waals surface area contributed by atoms with E-state index in [0.29, 0.717) is 23.1 Å². The Bertz CT molecular complexity index is 973. The van der Waals surface area contributed by atoms with Crippen LogP contribution in [0.5, 0.6) is 0 Å². The summed E-state index contributed by atoms with van der Waals surface area (Å²) in [7, 11) is 0. The zero-order chi connectivity index (χ0) is 20.1. The molecule has 0 aliphatic heterocycles. The minimum atomic E-state index is -4.52. The van der Waals surface area contributed by atoms with Gasteiger partial charge in [0.2, 0.25) is 0 Å². The van der Waals surface area contributed by atoms with Crippen molar-refractivity contribution in [2.24, 2.45) is 0 Å². The number of aromatic nitrogens is 2. The van der Waals surface area contributed by atoms with E-state index in [1.165, 1.54) is 30.5 Å². The molecule has 2 amide bonds. The molecule has 9 heteroatoms. The summed E-state index contributed by atoms with van der Waals surface area (Å²) in [4.78, 5) is 31.7. The van der Waals surface area contributed by atoms with Gasteiger partial charge in [-0.1, -0.05) is 0 Å². The molecule has 6 nitrogen and oxygen atoms in total. The van der Waals surface area contributed by atoms with Gasteiger partial charge in [-0.2, -0.15) is 13.2 Å². The second-order valence-corrected chi connectivity index (χ2v) is 5.66. The van der Waals surface area contributed by atoms with E-state index in [4.69, 9.17) is 0 Å². The van der Waals surface area contributed by atoms with E-state index in [1.807, 2.05) is 0 Å². The molecule has 0 saturated carbocycles. The van der Waals surface area contributed by atoms with Crippen molar-refractivity contribution >= 4 is 23.2 Å². The fourth-order valence-electron chi connectivity index (χ4n) is 2.24. The normalized spacial score (nSPS) is 11.0. The first kappa shape index (κ1) is 19.0. The quantitative estimate of drug-likeness (QED) is 0.710. The number of halogens is 3. The molecule has 2 aromatic heterocycles. The van der Waals surface area contributed by atoms with E-state index in [9.17, 15) is 22.8 Å². The summed E-state index contributed by atoms with van der Waals surface area (Å²) in [5, 5.41) is 5.18. The molecule has 28 heavy (non-hydrogen) atoms. The van der Waals surface area contributed by atoms with Crippen LogP contribution < -0.4 is 10.6 Å². The van der Waals surface area contributed by atoms with Crippen molar-refractivity contribution < 1.29 is 22.8 Å². The lowest BCUT2D eigenvalue weighted by Gasteiger charge is -2.08. The molecule has 3 aromatic rings. The first-order valence-electron chi connectivity index (χ1n) is 7.99. The molecule has 3 rings (SSSR count). The van der Waals surface area contributed by atoms with Gasteiger partial charge in [-0.3, -0.25) is 19.6 Å². The molecular weight excluding hydrogens is 373 g/mol. The van der Waals surface area contributed by atoms with Crippen LogP contribution >= 0.6 is 0 Å². The highest BCUT2D eigenvalue weighted by Crippen LogP contribution is 2.28. The maximum absolute atomic E-state index is 12.5. The highest BCUT2D eigenvalue weighted by atomic mass is 19.4. The molecule has 0 saturated heterocycles. The molecule has 2 N–H and O–H groups in total. The van der Waals surface area contributed by atoms with E-state index < -0.39 is 17.6 Å². The van der Waals surface area contributed by atoms with Crippen LogP contribution in [0, 0.1) is 0 Å². The summed E-state index contributed by atoms with van der Waals surface area (Å²) < 4.78 is 37.6. The van der Waals surface area contributed by atoms with E-state index in [0.717, 1.165) is 12.1 Å². The lowest BCUT2D eigenvalue weighted by molar-refractivity contribution is -0.137. The SMILES string of the molecule is O=C(Nc1cccnc1)c1ccc(NC(=O)c2ccc(C(F)(F)F)cn2)cc1. The predicted octanol–water partition coefficient (Wildman–Crippen LogP) is 4.00. The Morgan fingerprint density at radius 2 is 1.54 bits per heavy atom. The number of hydrogen-bond acceptors (Lipinski definition) is 4. The lowest BCUT2D eigenvalue weighted by atomic mass is 10.2. The molecule has 142 valence electrons. The van der Waals surface area contributed by atoms with Gasteiger partial charge in [-0.05, 0) is 48.5 Å². The van der Waals surface area contributed by atoms with Crippen LogP contribution in [0.4, 0.5) is 24.5 Å². The van der Waals surface area contributed by atoms with E-state index in [-0.39, 0.29) is 11.6 Å². The maximum Gasteiger partial charge on any atom is 0.417 e. The number of nitrogens with one attached hydrogen (secondary N) is 2. The van der Waals surface area contributed by atoms with Gasteiger partial charge < -0.3 is 10.6 Å². The Labute approximate surface area is 157 Å². The summed E-state index contributed by atoms with van der Waals surface area (Å²) in [6.07, 6.45) is -0.836. The summed E-state index contributed by atoms with van der Waals surface area (Å²) in [6, 6.07) is 11.2. The molecule has 0 spiro atoms. The Morgan fingerprint density at radius 3 is 2.11 bits per heavy atom. The summed E-state index contributed by atoms with van der Waals surface area (Å²) >= 11 is 0. The third kappa shape index (κ3) is 4.70. The van der Waals surface area contributed by atoms with E-state index in [1.54, 1.807) is 18.3 Å². The van der Waals surface area contributed by atoms with Crippen molar-refractivity contribution in [3.8, 4) is 0 Å². The van der Waals surface area contributed by atoms with E-state index in [2.05, 4.69) is 20.6 Å². The summed E-state index contributed by atoms with van der Waals surface area (Å²) in [6.45, 7) is 0. The van der Waals surface area contributed by atoms with Gasteiger partial charge in [-0.15, -0.1) is 0 Å². The van der Waals surface area contributed by atoms with Crippen molar-refractivity contribution in [2.45, 2.75) is 6.18 Å².